The van der Waals surface area contributed by atoms with Gasteiger partial charge in [0.1, 0.15) is 0 Å². The molecule has 2 N–H and O–H groups in total. The highest BCUT2D eigenvalue weighted by Gasteiger charge is 2.16. The van der Waals surface area contributed by atoms with E-state index in [1.54, 1.807) is 11.8 Å². The first kappa shape index (κ1) is 14.3. The Kier molecular flexibility index (Phi) is 5.15. The summed E-state index contributed by atoms with van der Waals surface area (Å²) < 4.78 is 0. The fourth-order valence-electron chi connectivity index (χ4n) is 2.34. The summed E-state index contributed by atoms with van der Waals surface area (Å²) in [5.74, 6) is 0. The van der Waals surface area contributed by atoms with Crippen molar-refractivity contribution in [2.75, 3.05) is 0 Å². The molecule has 2 rings (SSSR count). The molecule has 1 nitrogen and oxygen atoms in total. The van der Waals surface area contributed by atoms with Crippen molar-refractivity contribution < 1.29 is 0 Å². The molecule has 0 amide bonds. The fourth-order valence-corrected chi connectivity index (χ4v) is 3.47. The van der Waals surface area contributed by atoms with Gasteiger partial charge in [0.25, 0.3) is 0 Å². The molecule has 19 heavy (non-hydrogen) atoms. The average molecular weight is 273 g/mol. The van der Waals surface area contributed by atoms with E-state index in [-0.39, 0.29) is 0 Å². The Morgan fingerprint density at radius 1 is 1.16 bits per heavy atom. The summed E-state index contributed by atoms with van der Waals surface area (Å²) >= 11 is 1.80. The fraction of sp³-hybridized carbons (Fsp3) is 0.412. The Bertz CT molecular complexity index is 485. The normalized spacial score (nSPS) is 16.7. The van der Waals surface area contributed by atoms with Crippen molar-refractivity contribution in [3.8, 4) is 0 Å². The van der Waals surface area contributed by atoms with Gasteiger partial charge in [-0.3, -0.25) is 0 Å². The van der Waals surface area contributed by atoms with Gasteiger partial charge in [-0.05, 0) is 54.2 Å². The molecule has 0 aliphatic carbocycles. The molecule has 1 aliphatic heterocycles. The van der Waals surface area contributed by atoms with Crippen LogP contribution in [0.1, 0.15) is 51.5 Å². The lowest BCUT2D eigenvalue weighted by molar-refractivity contribution is 0.807. The third-order valence-electron chi connectivity index (χ3n) is 3.62. The van der Waals surface area contributed by atoms with Gasteiger partial charge in [-0.25, -0.2) is 0 Å². The second kappa shape index (κ2) is 6.85. The Balaban J connectivity index is 2.34. The maximum absolute atomic E-state index is 6.19. The van der Waals surface area contributed by atoms with Gasteiger partial charge in [0.15, 0.2) is 0 Å². The van der Waals surface area contributed by atoms with Gasteiger partial charge < -0.3 is 5.73 Å². The van der Waals surface area contributed by atoms with E-state index >= 15 is 0 Å². The van der Waals surface area contributed by atoms with E-state index in [1.165, 1.54) is 34.5 Å². The van der Waals surface area contributed by atoms with Gasteiger partial charge in [-0.2, -0.15) is 0 Å². The van der Waals surface area contributed by atoms with Crippen molar-refractivity contribution in [2.45, 2.75) is 46.0 Å². The average Bonchev–Trinajstić information content (AvgIpc) is 2.58. The Labute approximate surface area is 121 Å². The summed E-state index contributed by atoms with van der Waals surface area (Å²) in [6, 6.07) is 10.8. The third-order valence-corrected chi connectivity index (χ3v) is 4.89. The molecule has 0 radical (unpaired) electrons. The van der Waals surface area contributed by atoms with E-state index in [4.69, 9.17) is 5.73 Å². The number of nitrogens with two attached hydrogens (primary N) is 1. The maximum Gasteiger partial charge on any atom is 0.0689 e. The molecule has 0 saturated heterocycles. The molecule has 0 bridgehead atoms. The Morgan fingerprint density at radius 3 is 2.58 bits per heavy atom. The van der Waals surface area contributed by atoms with Gasteiger partial charge in [-0.15, -0.1) is 0 Å². The van der Waals surface area contributed by atoms with Crippen LogP contribution in [0.5, 0.6) is 0 Å². The van der Waals surface area contributed by atoms with E-state index in [0.717, 1.165) is 24.3 Å². The van der Waals surface area contributed by atoms with Crippen molar-refractivity contribution in [3.05, 3.63) is 51.4 Å². The first-order chi connectivity index (χ1) is 9.22. The lowest BCUT2D eigenvalue weighted by Crippen LogP contribution is -1.95. The molecule has 1 heterocycles. The SMILES string of the molecule is CCCCC1=C(c2ccccc2)CCC(C)=C(N)S1. The minimum Gasteiger partial charge on any atom is -0.393 e. The molecule has 1 aromatic carbocycles. The lowest BCUT2D eigenvalue weighted by atomic mass is 9.97. The number of hydrogen-bond acceptors (Lipinski definition) is 2. The van der Waals surface area contributed by atoms with E-state index in [1.807, 2.05) is 0 Å². The molecule has 1 aromatic rings. The zero-order chi connectivity index (χ0) is 13.7. The van der Waals surface area contributed by atoms with Crippen LogP contribution in [0.25, 0.3) is 5.57 Å². The molecule has 2 heteroatoms. The van der Waals surface area contributed by atoms with Gasteiger partial charge >= 0.3 is 0 Å². The minimum absolute atomic E-state index is 1.01. The van der Waals surface area contributed by atoms with Crippen molar-refractivity contribution in [2.24, 2.45) is 5.73 Å². The Hall–Kier alpha value is -1.15. The number of thioether (sulfide) groups is 1. The van der Waals surface area contributed by atoms with Gasteiger partial charge in [0.05, 0.1) is 5.03 Å². The molecule has 0 saturated carbocycles. The molecule has 0 fully saturated rings. The highest BCUT2D eigenvalue weighted by Crippen LogP contribution is 2.41. The summed E-state index contributed by atoms with van der Waals surface area (Å²) in [5, 5.41) is 1.01. The Morgan fingerprint density at radius 2 is 1.89 bits per heavy atom. The quantitative estimate of drug-likeness (QED) is 0.805. The molecule has 0 aromatic heterocycles. The predicted octanol–water partition coefficient (Wildman–Crippen LogP) is 5.31. The largest absolute Gasteiger partial charge is 0.393 e. The first-order valence-corrected chi connectivity index (χ1v) is 7.94. The smallest absolute Gasteiger partial charge is 0.0689 e. The van der Waals surface area contributed by atoms with E-state index in [9.17, 15) is 0 Å². The zero-order valence-electron chi connectivity index (χ0n) is 11.9. The van der Waals surface area contributed by atoms with Gasteiger partial charge in [0.2, 0.25) is 0 Å². The molecule has 1 aliphatic rings. The van der Waals surface area contributed by atoms with Gasteiger partial charge in [0, 0.05) is 0 Å². The van der Waals surface area contributed by atoms with E-state index in [0.29, 0.717) is 0 Å². The van der Waals surface area contributed by atoms with Crippen LogP contribution in [0.4, 0.5) is 0 Å². The first-order valence-electron chi connectivity index (χ1n) is 7.13. The van der Waals surface area contributed by atoms with E-state index < -0.39 is 0 Å². The standard InChI is InChI=1S/C17H23NS/c1-3-4-10-16-15(14-8-6-5-7-9-14)12-11-13(2)17(18)19-16/h5-9H,3-4,10-12,18H2,1-2H3. The summed E-state index contributed by atoms with van der Waals surface area (Å²) in [7, 11) is 0. The summed E-state index contributed by atoms with van der Waals surface area (Å²) in [5.41, 5.74) is 10.4. The number of hydrogen-bond donors (Lipinski definition) is 1. The highest BCUT2D eigenvalue weighted by molar-refractivity contribution is 8.06. The van der Waals surface area contributed by atoms with Crippen LogP contribution in [0.3, 0.4) is 0 Å². The second-order valence-corrected chi connectivity index (χ2v) is 6.25. The number of benzene rings is 1. The summed E-state index contributed by atoms with van der Waals surface area (Å²) in [6.45, 7) is 4.41. The third kappa shape index (κ3) is 3.66. The molecule has 102 valence electrons. The minimum atomic E-state index is 1.01. The van der Waals surface area contributed by atoms with Crippen LogP contribution in [0.2, 0.25) is 0 Å². The van der Waals surface area contributed by atoms with Crippen LogP contribution in [0, 0.1) is 0 Å². The second-order valence-electron chi connectivity index (χ2n) is 5.12. The molecular weight excluding hydrogens is 250 g/mol. The predicted molar refractivity (Wildman–Crippen MR) is 86.6 cm³/mol. The monoisotopic (exact) mass is 273 g/mol. The number of rotatable bonds is 4. The number of unbranched alkanes of at least 4 members (excludes halogenated alkanes) is 1. The molecular formula is C17H23NS. The van der Waals surface area contributed by atoms with Crippen LogP contribution in [-0.2, 0) is 0 Å². The summed E-state index contributed by atoms with van der Waals surface area (Å²) in [6.07, 6.45) is 5.82. The summed E-state index contributed by atoms with van der Waals surface area (Å²) in [4.78, 5) is 1.47. The van der Waals surface area contributed by atoms with Crippen molar-refractivity contribution in [1.29, 1.82) is 0 Å². The maximum atomic E-state index is 6.19. The highest BCUT2D eigenvalue weighted by atomic mass is 32.2. The van der Waals surface area contributed by atoms with Crippen molar-refractivity contribution in [1.82, 2.24) is 0 Å². The number of allylic oxidation sites excluding steroid dienone is 3. The topological polar surface area (TPSA) is 26.0 Å². The van der Waals surface area contributed by atoms with Crippen LogP contribution in [-0.4, -0.2) is 0 Å². The molecule has 0 unspecified atom stereocenters. The van der Waals surface area contributed by atoms with Crippen molar-refractivity contribution in [3.63, 3.8) is 0 Å². The van der Waals surface area contributed by atoms with E-state index in [2.05, 4.69) is 44.2 Å². The zero-order valence-corrected chi connectivity index (χ0v) is 12.7. The lowest BCUT2D eigenvalue weighted by Gasteiger charge is -2.13. The van der Waals surface area contributed by atoms with Crippen LogP contribution < -0.4 is 5.73 Å². The van der Waals surface area contributed by atoms with Crippen molar-refractivity contribution >= 4 is 17.3 Å². The molecule has 0 atom stereocenters. The van der Waals surface area contributed by atoms with Gasteiger partial charge in [-0.1, -0.05) is 55.4 Å². The molecule has 0 spiro atoms. The van der Waals surface area contributed by atoms with Crippen LogP contribution in [0.15, 0.2) is 45.8 Å². The van der Waals surface area contributed by atoms with Crippen LogP contribution >= 0.6 is 11.8 Å².